The first-order chi connectivity index (χ1) is 11.6. The summed E-state index contributed by atoms with van der Waals surface area (Å²) in [5, 5.41) is 25.5. The number of carboxylic acid groups (broad SMARTS) is 1. The molecule has 0 aliphatic heterocycles. The number of azo groups is 1. The molecule has 5 heteroatoms. The van der Waals surface area contributed by atoms with Crippen LogP contribution in [0.2, 0.25) is 0 Å². The molecular weight excluding hydrogens is 304 g/mol. The molecule has 0 aliphatic carbocycles. The molecule has 0 atom stereocenters. The van der Waals surface area contributed by atoms with Crippen LogP contribution < -0.4 is 0 Å². The van der Waals surface area contributed by atoms with Crippen LogP contribution in [0.5, 0.6) is 5.75 Å². The van der Waals surface area contributed by atoms with E-state index >= 15 is 0 Å². The van der Waals surface area contributed by atoms with Crippen molar-refractivity contribution in [1.29, 1.82) is 0 Å². The second kappa shape index (κ2) is 8.85. The van der Waals surface area contributed by atoms with Gasteiger partial charge in [0.15, 0.2) is 0 Å². The van der Waals surface area contributed by atoms with Gasteiger partial charge in [-0.1, -0.05) is 36.4 Å². The van der Waals surface area contributed by atoms with E-state index < -0.39 is 5.97 Å². The number of hydrogen-bond donors (Lipinski definition) is 2. The number of phenols is 1. The summed E-state index contributed by atoms with van der Waals surface area (Å²) in [6.07, 6.45) is 0. The molecule has 0 unspecified atom stereocenters. The number of nitrogens with zero attached hydrogens (tertiary/aromatic N) is 2. The largest absolute Gasteiger partial charge is 0.508 e. The first-order valence-corrected chi connectivity index (χ1v) is 7.19. The van der Waals surface area contributed by atoms with Crippen molar-refractivity contribution < 1.29 is 15.0 Å². The van der Waals surface area contributed by atoms with Crippen molar-refractivity contribution in [2.24, 2.45) is 10.2 Å². The molecule has 0 amide bonds. The van der Waals surface area contributed by atoms with Gasteiger partial charge in [0.1, 0.15) is 5.75 Å². The van der Waals surface area contributed by atoms with Crippen molar-refractivity contribution in [2.75, 3.05) is 0 Å². The molecule has 0 spiro atoms. The maximum Gasteiger partial charge on any atom is 0.335 e. The fraction of sp³-hybridized carbons (Fsp3) is 0. The highest BCUT2D eigenvalue weighted by Crippen LogP contribution is 2.19. The van der Waals surface area contributed by atoms with E-state index in [-0.39, 0.29) is 5.75 Å². The monoisotopic (exact) mass is 320 g/mol. The molecule has 5 nitrogen and oxygen atoms in total. The maximum atomic E-state index is 10.2. The average Bonchev–Trinajstić information content (AvgIpc) is 2.63. The molecule has 3 aromatic rings. The molecule has 0 aliphatic rings. The number of aromatic carboxylic acids is 1. The summed E-state index contributed by atoms with van der Waals surface area (Å²) in [5.41, 5.74) is 1.86. The highest BCUT2D eigenvalue weighted by molar-refractivity contribution is 5.87. The minimum atomic E-state index is -0.879. The molecule has 0 aromatic heterocycles. The normalized spacial score (nSPS) is 10.0. The summed E-state index contributed by atoms with van der Waals surface area (Å²) in [7, 11) is 0. The van der Waals surface area contributed by atoms with Gasteiger partial charge < -0.3 is 10.2 Å². The predicted molar refractivity (Wildman–Crippen MR) is 92.1 cm³/mol. The highest BCUT2D eigenvalue weighted by Gasteiger charge is 1.96. The lowest BCUT2D eigenvalue weighted by atomic mass is 10.2. The van der Waals surface area contributed by atoms with Gasteiger partial charge in [0, 0.05) is 0 Å². The van der Waals surface area contributed by atoms with Crippen LogP contribution in [0.15, 0.2) is 95.2 Å². The third-order valence-electron chi connectivity index (χ3n) is 2.91. The Hall–Kier alpha value is -3.47. The Labute approximate surface area is 139 Å². The fourth-order valence-electron chi connectivity index (χ4n) is 1.71. The van der Waals surface area contributed by atoms with E-state index in [2.05, 4.69) is 10.2 Å². The third kappa shape index (κ3) is 5.73. The molecule has 0 heterocycles. The van der Waals surface area contributed by atoms with Crippen LogP contribution in [0.3, 0.4) is 0 Å². The summed E-state index contributed by atoms with van der Waals surface area (Å²) in [6.45, 7) is 0. The van der Waals surface area contributed by atoms with E-state index in [1.807, 2.05) is 30.3 Å². The summed E-state index contributed by atoms with van der Waals surface area (Å²) in [6, 6.07) is 24.4. The topological polar surface area (TPSA) is 82.2 Å². The van der Waals surface area contributed by atoms with E-state index in [1.165, 1.54) is 0 Å². The Morgan fingerprint density at radius 1 is 0.667 bits per heavy atom. The molecule has 2 N–H and O–H groups in total. The first-order valence-electron chi connectivity index (χ1n) is 7.19. The minimum absolute atomic E-state index is 0.230. The van der Waals surface area contributed by atoms with Crippen LogP contribution in [-0.2, 0) is 0 Å². The third-order valence-corrected chi connectivity index (χ3v) is 2.91. The zero-order chi connectivity index (χ0) is 17.2. The number of rotatable bonds is 3. The number of hydrogen-bond acceptors (Lipinski definition) is 4. The Kier molecular flexibility index (Phi) is 6.23. The molecule has 3 aromatic carbocycles. The van der Waals surface area contributed by atoms with E-state index in [0.29, 0.717) is 5.56 Å². The van der Waals surface area contributed by atoms with Crippen LogP contribution >= 0.6 is 0 Å². The van der Waals surface area contributed by atoms with Gasteiger partial charge in [0.2, 0.25) is 0 Å². The fourth-order valence-corrected chi connectivity index (χ4v) is 1.71. The van der Waals surface area contributed by atoms with Gasteiger partial charge in [-0.05, 0) is 48.5 Å². The Morgan fingerprint density at radius 2 is 1.12 bits per heavy atom. The smallest absolute Gasteiger partial charge is 0.335 e. The average molecular weight is 320 g/mol. The van der Waals surface area contributed by atoms with Crippen molar-refractivity contribution in [2.45, 2.75) is 0 Å². The zero-order valence-corrected chi connectivity index (χ0v) is 12.8. The lowest BCUT2D eigenvalue weighted by Gasteiger charge is -1.93. The van der Waals surface area contributed by atoms with Gasteiger partial charge in [-0.3, -0.25) is 0 Å². The van der Waals surface area contributed by atoms with Gasteiger partial charge in [-0.2, -0.15) is 10.2 Å². The SMILES string of the molecule is O=C(O)c1ccccc1.Oc1ccc(N=Nc2ccccc2)cc1. The van der Waals surface area contributed by atoms with Crippen molar-refractivity contribution in [3.63, 3.8) is 0 Å². The van der Waals surface area contributed by atoms with Gasteiger partial charge in [0.25, 0.3) is 0 Å². The number of phenolic OH excluding ortho intramolecular Hbond substituents is 1. The van der Waals surface area contributed by atoms with Gasteiger partial charge in [-0.25, -0.2) is 4.79 Å². The Morgan fingerprint density at radius 3 is 1.58 bits per heavy atom. The van der Waals surface area contributed by atoms with Gasteiger partial charge in [0.05, 0.1) is 16.9 Å². The standard InChI is InChI=1S/C12H10N2O.C7H6O2/c15-12-8-6-11(7-9-12)14-13-10-4-2-1-3-5-10;8-7(9)6-4-2-1-3-5-6/h1-9,15H;1-5H,(H,8,9). The molecule has 0 fully saturated rings. The second-order valence-electron chi connectivity index (χ2n) is 4.72. The van der Waals surface area contributed by atoms with Crippen molar-refractivity contribution in [3.05, 3.63) is 90.5 Å². The molecule has 0 radical (unpaired) electrons. The van der Waals surface area contributed by atoms with Gasteiger partial charge >= 0.3 is 5.97 Å². The molecule has 0 saturated heterocycles. The summed E-state index contributed by atoms with van der Waals surface area (Å²) in [4.78, 5) is 10.2. The van der Waals surface area contributed by atoms with Crippen molar-refractivity contribution in [3.8, 4) is 5.75 Å². The van der Waals surface area contributed by atoms with Crippen molar-refractivity contribution >= 4 is 17.3 Å². The Bertz CT molecular complexity index is 786. The lowest BCUT2D eigenvalue weighted by molar-refractivity contribution is 0.0697. The van der Waals surface area contributed by atoms with E-state index in [9.17, 15) is 4.79 Å². The molecule has 3 rings (SSSR count). The summed E-state index contributed by atoms with van der Waals surface area (Å²) >= 11 is 0. The molecule has 0 saturated carbocycles. The van der Waals surface area contributed by atoms with Gasteiger partial charge in [-0.15, -0.1) is 0 Å². The second-order valence-corrected chi connectivity index (χ2v) is 4.72. The van der Waals surface area contributed by atoms with Crippen LogP contribution in [0.25, 0.3) is 0 Å². The number of aromatic hydroxyl groups is 1. The van der Waals surface area contributed by atoms with E-state index in [4.69, 9.17) is 10.2 Å². The van der Waals surface area contributed by atoms with Crippen LogP contribution in [0, 0.1) is 0 Å². The van der Waals surface area contributed by atoms with Crippen LogP contribution in [-0.4, -0.2) is 16.2 Å². The zero-order valence-electron chi connectivity index (χ0n) is 12.8. The number of carboxylic acids is 1. The molecule has 0 bridgehead atoms. The Balaban J connectivity index is 0.000000198. The first kappa shape index (κ1) is 16.9. The van der Waals surface area contributed by atoms with Crippen LogP contribution in [0.4, 0.5) is 11.4 Å². The lowest BCUT2D eigenvalue weighted by Crippen LogP contribution is -1.93. The molecular formula is C19H16N2O3. The molecule has 120 valence electrons. The number of carbonyl (C=O) groups is 1. The van der Waals surface area contributed by atoms with Crippen LogP contribution in [0.1, 0.15) is 10.4 Å². The quantitative estimate of drug-likeness (QED) is 0.651. The van der Waals surface area contributed by atoms with E-state index in [1.54, 1.807) is 54.6 Å². The van der Waals surface area contributed by atoms with E-state index in [0.717, 1.165) is 11.4 Å². The summed E-state index contributed by atoms with van der Waals surface area (Å²) < 4.78 is 0. The molecule has 24 heavy (non-hydrogen) atoms. The minimum Gasteiger partial charge on any atom is -0.508 e. The highest BCUT2D eigenvalue weighted by atomic mass is 16.4. The number of benzene rings is 3. The van der Waals surface area contributed by atoms with Crippen molar-refractivity contribution in [1.82, 2.24) is 0 Å². The maximum absolute atomic E-state index is 10.2. The summed E-state index contributed by atoms with van der Waals surface area (Å²) in [5.74, 6) is -0.649. The predicted octanol–water partition coefficient (Wildman–Crippen LogP) is 5.19.